The van der Waals surface area contributed by atoms with Gasteiger partial charge in [0.05, 0.1) is 0 Å². The fourth-order valence-electron chi connectivity index (χ4n) is 2.22. The van der Waals surface area contributed by atoms with E-state index in [9.17, 15) is 9.59 Å². The van der Waals surface area contributed by atoms with Gasteiger partial charge < -0.3 is 0 Å². The van der Waals surface area contributed by atoms with Crippen molar-refractivity contribution in [2.24, 2.45) is 0 Å². The highest BCUT2D eigenvalue weighted by Gasteiger charge is 2.21. The summed E-state index contributed by atoms with van der Waals surface area (Å²) in [6.07, 6.45) is 0.225. The molecule has 2 rings (SSSR count). The average molecular weight is 266 g/mol. The van der Waals surface area contributed by atoms with Crippen molar-refractivity contribution >= 4 is 11.6 Å². The molecule has 2 aromatic carbocycles. The molecule has 102 valence electrons. The van der Waals surface area contributed by atoms with Gasteiger partial charge in [-0.1, -0.05) is 60.2 Å². The van der Waals surface area contributed by atoms with E-state index in [1.54, 1.807) is 19.1 Å². The molecule has 0 amide bonds. The van der Waals surface area contributed by atoms with Crippen LogP contribution in [0.15, 0.2) is 54.6 Å². The van der Waals surface area contributed by atoms with Gasteiger partial charge in [0.1, 0.15) is 5.78 Å². The number of ketones is 2. The van der Waals surface area contributed by atoms with Gasteiger partial charge in [-0.15, -0.1) is 0 Å². The number of benzene rings is 2. The highest BCUT2D eigenvalue weighted by Crippen LogP contribution is 2.23. The first-order chi connectivity index (χ1) is 9.58. The Hall–Kier alpha value is -2.22. The molecule has 1 unspecified atom stereocenters. The van der Waals surface area contributed by atoms with Crippen LogP contribution in [-0.4, -0.2) is 11.6 Å². The van der Waals surface area contributed by atoms with E-state index in [2.05, 4.69) is 0 Å². The summed E-state index contributed by atoms with van der Waals surface area (Å²) >= 11 is 0. The summed E-state index contributed by atoms with van der Waals surface area (Å²) in [5, 5.41) is 0. The lowest BCUT2D eigenvalue weighted by molar-refractivity contribution is -0.118. The second-order valence-corrected chi connectivity index (χ2v) is 5.07. The fourth-order valence-corrected chi connectivity index (χ4v) is 2.22. The first kappa shape index (κ1) is 14.2. The summed E-state index contributed by atoms with van der Waals surface area (Å²) in [6, 6.07) is 16.9. The zero-order chi connectivity index (χ0) is 14.5. The monoisotopic (exact) mass is 266 g/mol. The molecule has 0 aliphatic rings. The van der Waals surface area contributed by atoms with E-state index in [0.29, 0.717) is 5.56 Å². The maximum atomic E-state index is 12.2. The number of hydrogen-bond acceptors (Lipinski definition) is 2. The predicted molar refractivity (Wildman–Crippen MR) is 80.0 cm³/mol. The number of hydrogen-bond donors (Lipinski definition) is 0. The van der Waals surface area contributed by atoms with E-state index in [1.165, 1.54) is 0 Å². The summed E-state index contributed by atoms with van der Waals surface area (Å²) < 4.78 is 0. The van der Waals surface area contributed by atoms with Crippen LogP contribution in [0.5, 0.6) is 0 Å². The molecule has 2 aromatic rings. The van der Waals surface area contributed by atoms with Crippen molar-refractivity contribution in [2.45, 2.75) is 26.2 Å². The number of Topliss-reactive ketones (excluding diaryl/α,β-unsaturated/α-hetero) is 2. The molecular formula is C18H18O2. The van der Waals surface area contributed by atoms with E-state index in [0.717, 1.165) is 11.1 Å². The highest BCUT2D eigenvalue weighted by molar-refractivity contribution is 6.00. The number of carbonyl (C=O) groups excluding carboxylic acids is 2. The Balaban J connectivity index is 2.20. The van der Waals surface area contributed by atoms with Gasteiger partial charge in [0.15, 0.2) is 5.78 Å². The Kier molecular flexibility index (Phi) is 4.46. The minimum absolute atomic E-state index is 0.00590. The van der Waals surface area contributed by atoms with Gasteiger partial charge in [0.2, 0.25) is 0 Å². The van der Waals surface area contributed by atoms with Gasteiger partial charge in [-0.05, 0) is 19.4 Å². The number of rotatable bonds is 5. The minimum atomic E-state index is -0.358. The molecule has 0 saturated heterocycles. The van der Waals surface area contributed by atoms with E-state index < -0.39 is 0 Å². The van der Waals surface area contributed by atoms with Crippen LogP contribution in [0.1, 0.15) is 40.7 Å². The minimum Gasteiger partial charge on any atom is -0.299 e. The third-order valence-corrected chi connectivity index (χ3v) is 3.46. The summed E-state index contributed by atoms with van der Waals surface area (Å²) in [5.74, 6) is -0.326. The van der Waals surface area contributed by atoms with Crippen molar-refractivity contribution in [3.8, 4) is 0 Å². The highest BCUT2D eigenvalue weighted by atomic mass is 16.1. The van der Waals surface area contributed by atoms with Gasteiger partial charge in [-0.3, -0.25) is 9.59 Å². The molecule has 20 heavy (non-hydrogen) atoms. The zero-order valence-electron chi connectivity index (χ0n) is 11.8. The molecule has 0 spiro atoms. The molecule has 0 radical (unpaired) electrons. The van der Waals surface area contributed by atoms with Crippen molar-refractivity contribution in [1.82, 2.24) is 0 Å². The van der Waals surface area contributed by atoms with Gasteiger partial charge in [0.25, 0.3) is 0 Å². The third-order valence-electron chi connectivity index (χ3n) is 3.46. The lowest BCUT2D eigenvalue weighted by atomic mass is 9.88. The first-order valence-electron chi connectivity index (χ1n) is 6.73. The molecule has 0 bridgehead atoms. The van der Waals surface area contributed by atoms with Crippen LogP contribution >= 0.6 is 0 Å². The Morgan fingerprint density at radius 2 is 1.55 bits per heavy atom. The maximum Gasteiger partial charge on any atom is 0.163 e. The molecule has 2 nitrogen and oxygen atoms in total. The summed E-state index contributed by atoms with van der Waals surface area (Å²) in [4.78, 5) is 24.1. The molecular weight excluding hydrogens is 248 g/mol. The smallest absolute Gasteiger partial charge is 0.163 e. The maximum absolute atomic E-state index is 12.2. The van der Waals surface area contributed by atoms with Gasteiger partial charge in [-0.2, -0.15) is 0 Å². The summed E-state index contributed by atoms with van der Waals surface area (Å²) in [7, 11) is 0. The SMILES string of the molecule is CC(=O)C(CC(=O)c1ccccc1)c1ccc(C)cc1. The third kappa shape index (κ3) is 3.41. The molecule has 0 saturated carbocycles. The van der Waals surface area contributed by atoms with Crippen LogP contribution in [0, 0.1) is 6.92 Å². The van der Waals surface area contributed by atoms with Crippen LogP contribution in [-0.2, 0) is 4.79 Å². The van der Waals surface area contributed by atoms with Crippen molar-refractivity contribution in [3.63, 3.8) is 0 Å². The Bertz CT molecular complexity index is 597. The molecule has 0 fully saturated rings. The second kappa shape index (κ2) is 6.29. The molecule has 0 aliphatic carbocycles. The Morgan fingerprint density at radius 1 is 0.950 bits per heavy atom. The van der Waals surface area contributed by atoms with Gasteiger partial charge >= 0.3 is 0 Å². The summed E-state index contributed by atoms with van der Waals surface area (Å²) in [5.41, 5.74) is 2.71. The lowest BCUT2D eigenvalue weighted by Gasteiger charge is -2.14. The number of aryl methyl sites for hydroxylation is 1. The predicted octanol–water partition coefficient (Wildman–Crippen LogP) is 3.94. The molecule has 0 N–H and O–H groups in total. The molecule has 0 aromatic heterocycles. The fraction of sp³-hybridized carbons (Fsp3) is 0.222. The molecule has 0 heterocycles. The van der Waals surface area contributed by atoms with E-state index in [4.69, 9.17) is 0 Å². The van der Waals surface area contributed by atoms with Crippen LogP contribution in [0.3, 0.4) is 0 Å². The first-order valence-corrected chi connectivity index (χ1v) is 6.73. The Morgan fingerprint density at radius 3 is 2.10 bits per heavy atom. The number of carbonyl (C=O) groups is 2. The van der Waals surface area contributed by atoms with Gasteiger partial charge in [0, 0.05) is 17.9 Å². The standard InChI is InChI=1S/C18H18O2/c1-13-8-10-15(11-9-13)17(14(2)19)12-18(20)16-6-4-3-5-7-16/h3-11,17H,12H2,1-2H3. The molecule has 2 heteroatoms. The van der Waals surface area contributed by atoms with Crippen LogP contribution in [0.2, 0.25) is 0 Å². The second-order valence-electron chi connectivity index (χ2n) is 5.07. The van der Waals surface area contributed by atoms with Crippen molar-refractivity contribution in [3.05, 3.63) is 71.3 Å². The zero-order valence-corrected chi connectivity index (χ0v) is 11.8. The van der Waals surface area contributed by atoms with E-state index in [-0.39, 0.29) is 23.9 Å². The van der Waals surface area contributed by atoms with Gasteiger partial charge in [-0.25, -0.2) is 0 Å². The average Bonchev–Trinajstić information content (AvgIpc) is 2.46. The largest absolute Gasteiger partial charge is 0.299 e. The summed E-state index contributed by atoms with van der Waals surface area (Å²) in [6.45, 7) is 3.55. The van der Waals surface area contributed by atoms with Crippen molar-refractivity contribution in [1.29, 1.82) is 0 Å². The van der Waals surface area contributed by atoms with E-state index in [1.807, 2.05) is 49.4 Å². The van der Waals surface area contributed by atoms with Crippen LogP contribution in [0.25, 0.3) is 0 Å². The topological polar surface area (TPSA) is 34.1 Å². The van der Waals surface area contributed by atoms with E-state index >= 15 is 0 Å². The normalized spacial score (nSPS) is 11.9. The lowest BCUT2D eigenvalue weighted by Crippen LogP contribution is -2.14. The molecule has 0 aliphatic heterocycles. The molecule has 1 atom stereocenters. The van der Waals surface area contributed by atoms with Crippen molar-refractivity contribution < 1.29 is 9.59 Å². The van der Waals surface area contributed by atoms with Crippen molar-refractivity contribution in [2.75, 3.05) is 0 Å². The van der Waals surface area contributed by atoms with Crippen LogP contribution < -0.4 is 0 Å². The quantitative estimate of drug-likeness (QED) is 0.768. The van der Waals surface area contributed by atoms with Crippen LogP contribution in [0.4, 0.5) is 0 Å². The Labute approximate surface area is 119 Å².